The van der Waals surface area contributed by atoms with Crippen LogP contribution in [0.2, 0.25) is 5.02 Å². The number of ether oxygens (including phenoxy) is 1. The van der Waals surface area contributed by atoms with Gasteiger partial charge in [0.15, 0.2) is 5.82 Å². The lowest BCUT2D eigenvalue weighted by molar-refractivity contribution is -0.138. The fourth-order valence-corrected chi connectivity index (χ4v) is 8.09. The van der Waals surface area contributed by atoms with Gasteiger partial charge in [-0.3, -0.25) is 14.5 Å². The van der Waals surface area contributed by atoms with Gasteiger partial charge in [0.25, 0.3) is 0 Å². The molecule has 4 aromatic rings. The number of alkyl halides is 1. The van der Waals surface area contributed by atoms with E-state index < -0.39 is 16.8 Å². The Bertz CT molecular complexity index is 1970. The van der Waals surface area contributed by atoms with Crippen LogP contribution in [0.5, 0.6) is 5.88 Å². The molecular weight excluding hydrogens is 697 g/mol. The number of hydrogen-bond donors (Lipinski definition) is 4. The highest BCUT2D eigenvalue weighted by molar-refractivity contribution is 7.18. The average molecular weight is 737 g/mol. The molecule has 6 rings (SSSR count). The Kier molecular flexibility index (Phi) is 11.0. The van der Waals surface area contributed by atoms with E-state index in [2.05, 4.69) is 33.9 Å². The first kappa shape index (κ1) is 35.7. The largest absolute Gasteiger partial charge is 0.481 e. The second-order valence-electron chi connectivity index (χ2n) is 12.5. The summed E-state index contributed by atoms with van der Waals surface area (Å²) < 4.78 is 6.61. The Morgan fingerprint density at radius 3 is 2.82 bits per heavy atom. The molecule has 3 unspecified atom stereocenters. The lowest BCUT2D eigenvalue weighted by atomic mass is 9.73. The molecule has 4 heterocycles. The SMILES string of the molecule is CCN(CC(=O)O)Cc1nc2c(Nc3cccc(C4(C)C=CC=C(c5ccc(CNCC6CCC(=O)N6)c(OC)n5)C4Cl)c3Cl)nccc2s1. The summed E-state index contributed by atoms with van der Waals surface area (Å²) in [5.41, 5.74) is 3.93. The third kappa shape index (κ3) is 7.64. The van der Waals surface area contributed by atoms with Crippen LogP contribution in [0, 0.1) is 0 Å². The number of anilines is 2. The van der Waals surface area contributed by atoms with Crippen LogP contribution in [0.15, 0.2) is 60.8 Å². The molecule has 2 aliphatic rings. The summed E-state index contributed by atoms with van der Waals surface area (Å²) in [7, 11) is 1.60. The highest BCUT2D eigenvalue weighted by Crippen LogP contribution is 2.47. The predicted octanol–water partition coefficient (Wildman–Crippen LogP) is 6.29. The van der Waals surface area contributed by atoms with Gasteiger partial charge in [-0.2, -0.15) is 0 Å². The van der Waals surface area contributed by atoms with Crippen molar-refractivity contribution in [2.45, 2.75) is 56.6 Å². The number of nitrogens with zero attached hydrogens (tertiary/aromatic N) is 4. The summed E-state index contributed by atoms with van der Waals surface area (Å²) in [6, 6.07) is 11.8. The number of allylic oxidation sites excluding steroid dienone is 4. The van der Waals surface area contributed by atoms with Crippen molar-refractivity contribution >= 4 is 73.7 Å². The van der Waals surface area contributed by atoms with Crippen LogP contribution < -0.4 is 20.7 Å². The molecule has 0 radical (unpaired) electrons. The average Bonchev–Trinajstić information content (AvgIpc) is 3.72. The standard InChI is InChI=1S/C36H39Cl2N7O4S/c1-4-45(20-30(47)48)19-29-44-32-27(50-29)14-16-40-34(32)42-26-9-5-8-24(31(26)37)36(2)15-6-7-23(33(36)38)25-12-10-21(35(43-25)49-3)17-39-18-22-11-13-28(46)41-22/h5-10,12,14-16,22,33,39H,4,11,13,17-20H2,1-3H3,(H,40,42)(H,41,46)(H,47,48). The molecule has 11 nitrogen and oxygen atoms in total. The van der Waals surface area contributed by atoms with Crippen LogP contribution in [0.3, 0.4) is 0 Å². The third-order valence-electron chi connectivity index (χ3n) is 9.09. The number of likely N-dealkylation sites (N-methyl/N-ethyl adjacent to an activating group) is 1. The number of amides is 1. The number of carboxylic acids is 1. The number of carboxylic acid groups (broad SMARTS) is 1. The molecule has 14 heteroatoms. The fourth-order valence-electron chi connectivity index (χ4n) is 6.33. The van der Waals surface area contributed by atoms with Crippen molar-refractivity contribution in [1.82, 2.24) is 30.5 Å². The second-order valence-corrected chi connectivity index (χ2v) is 14.5. The number of pyridine rings is 2. The van der Waals surface area contributed by atoms with Gasteiger partial charge in [-0.15, -0.1) is 22.9 Å². The fraction of sp³-hybridized carbons (Fsp3) is 0.361. The summed E-state index contributed by atoms with van der Waals surface area (Å²) in [5.74, 6) is 0.279. The van der Waals surface area contributed by atoms with E-state index in [-0.39, 0.29) is 18.5 Å². The quantitative estimate of drug-likeness (QED) is 0.109. The van der Waals surface area contributed by atoms with Gasteiger partial charge in [0.2, 0.25) is 11.8 Å². The molecule has 262 valence electrons. The number of hydrogen-bond acceptors (Lipinski definition) is 10. The maximum absolute atomic E-state index is 11.5. The predicted molar refractivity (Wildman–Crippen MR) is 199 cm³/mol. The minimum atomic E-state index is -0.874. The summed E-state index contributed by atoms with van der Waals surface area (Å²) in [6.07, 6.45) is 9.12. The Hall–Kier alpha value is -4.07. The first-order valence-corrected chi connectivity index (χ1v) is 18.0. The number of methoxy groups -OCH3 is 1. The molecule has 0 bridgehead atoms. The molecule has 1 fully saturated rings. The van der Waals surface area contributed by atoms with E-state index in [9.17, 15) is 14.7 Å². The molecular formula is C36H39Cl2N7O4S. The number of aliphatic carboxylic acids is 1. The van der Waals surface area contributed by atoms with Gasteiger partial charge >= 0.3 is 5.97 Å². The Morgan fingerprint density at radius 1 is 1.24 bits per heavy atom. The number of carbonyl (C=O) groups excluding carboxylic acids is 1. The lowest BCUT2D eigenvalue weighted by Crippen LogP contribution is -2.35. The number of nitrogens with one attached hydrogen (secondary N) is 3. The minimum absolute atomic E-state index is 0.0560. The molecule has 4 N–H and O–H groups in total. The molecule has 1 saturated heterocycles. The van der Waals surface area contributed by atoms with Crippen molar-refractivity contribution in [3.8, 4) is 5.88 Å². The van der Waals surface area contributed by atoms with E-state index in [4.69, 9.17) is 37.9 Å². The number of fused-ring (bicyclic) bond motifs is 1. The van der Waals surface area contributed by atoms with E-state index in [0.717, 1.165) is 32.8 Å². The molecule has 3 aromatic heterocycles. The summed E-state index contributed by atoms with van der Waals surface area (Å²) >= 11 is 16.0. The molecule has 0 spiro atoms. The zero-order chi connectivity index (χ0) is 35.4. The van der Waals surface area contributed by atoms with Gasteiger partial charge in [0.05, 0.1) is 46.7 Å². The Balaban J connectivity index is 1.21. The van der Waals surface area contributed by atoms with Crippen LogP contribution >= 0.6 is 34.5 Å². The Labute approximate surface area is 304 Å². The second kappa shape index (κ2) is 15.4. The van der Waals surface area contributed by atoms with Crippen molar-refractivity contribution < 1.29 is 19.4 Å². The van der Waals surface area contributed by atoms with Crippen LogP contribution in [-0.4, -0.2) is 75.0 Å². The van der Waals surface area contributed by atoms with Crippen molar-refractivity contribution in [2.24, 2.45) is 0 Å². The van der Waals surface area contributed by atoms with Crippen molar-refractivity contribution in [3.63, 3.8) is 0 Å². The summed E-state index contributed by atoms with van der Waals surface area (Å²) in [4.78, 5) is 38.9. The van der Waals surface area contributed by atoms with Crippen molar-refractivity contribution in [2.75, 3.05) is 32.1 Å². The number of thiazole rings is 1. The third-order valence-corrected chi connectivity index (χ3v) is 11.2. The molecule has 0 saturated carbocycles. The molecule has 1 amide bonds. The van der Waals surface area contributed by atoms with E-state index in [0.29, 0.717) is 66.2 Å². The van der Waals surface area contributed by atoms with Gasteiger partial charge in [-0.05, 0) is 42.3 Å². The molecule has 1 aliphatic carbocycles. The van der Waals surface area contributed by atoms with Crippen LogP contribution in [-0.2, 0) is 28.1 Å². The summed E-state index contributed by atoms with van der Waals surface area (Å²) in [5, 5.41) is 19.8. The van der Waals surface area contributed by atoms with Gasteiger partial charge in [0, 0.05) is 42.7 Å². The normalized spacial score (nSPS) is 20.3. The van der Waals surface area contributed by atoms with Gasteiger partial charge in [-0.25, -0.2) is 15.0 Å². The number of rotatable bonds is 14. The van der Waals surface area contributed by atoms with Gasteiger partial charge in [0.1, 0.15) is 10.5 Å². The number of carbonyl (C=O) groups is 2. The highest BCUT2D eigenvalue weighted by atomic mass is 35.5. The maximum Gasteiger partial charge on any atom is 0.317 e. The van der Waals surface area contributed by atoms with Crippen LogP contribution in [0.25, 0.3) is 15.8 Å². The maximum atomic E-state index is 11.5. The van der Waals surface area contributed by atoms with E-state index >= 15 is 0 Å². The van der Waals surface area contributed by atoms with E-state index in [1.165, 1.54) is 11.3 Å². The molecule has 1 aromatic carbocycles. The first-order valence-electron chi connectivity index (χ1n) is 16.4. The first-order chi connectivity index (χ1) is 24.1. The lowest BCUT2D eigenvalue weighted by Gasteiger charge is -2.36. The number of halogens is 2. The zero-order valence-electron chi connectivity index (χ0n) is 28.0. The topological polar surface area (TPSA) is 142 Å². The highest BCUT2D eigenvalue weighted by Gasteiger charge is 2.39. The van der Waals surface area contributed by atoms with E-state index in [1.807, 2.05) is 60.4 Å². The smallest absolute Gasteiger partial charge is 0.317 e. The molecule has 3 atom stereocenters. The van der Waals surface area contributed by atoms with Crippen molar-refractivity contribution in [3.05, 3.63) is 87.7 Å². The molecule has 50 heavy (non-hydrogen) atoms. The number of aromatic nitrogens is 3. The number of benzene rings is 1. The Morgan fingerprint density at radius 2 is 2.08 bits per heavy atom. The van der Waals surface area contributed by atoms with Gasteiger partial charge in [-0.1, -0.05) is 61.9 Å². The summed E-state index contributed by atoms with van der Waals surface area (Å²) in [6.45, 7) is 6.17. The van der Waals surface area contributed by atoms with Crippen LogP contribution in [0.1, 0.15) is 48.5 Å². The molecule has 1 aliphatic heterocycles. The van der Waals surface area contributed by atoms with E-state index in [1.54, 1.807) is 13.3 Å². The van der Waals surface area contributed by atoms with Gasteiger partial charge < -0.3 is 25.8 Å². The van der Waals surface area contributed by atoms with Crippen LogP contribution in [0.4, 0.5) is 11.5 Å². The minimum Gasteiger partial charge on any atom is -0.481 e. The monoisotopic (exact) mass is 735 g/mol. The zero-order valence-corrected chi connectivity index (χ0v) is 30.3. The van der Waals surface area contributed by atoms with Crippen molar-refractivity contribution in [1.29, 1.82) is 0 Å².